The molecule has 1 aromatic rings. The molecule has 1 N–H and O–H groups in total. The summed E-state index contributed by atoms with van der Waals surface area (Å²) >= 11 is 0. The lowest BCUT2D eigenvalue weighted by Gasteiger charge is -1.91. The maximum absolute atomic E-state index is 10.2. The van der Waals surface area contributed by atoms with Crippen LogP contribution in [0.25, 0.3) is 6.08 Å². The van der Waals surface area contributed by atoms with Crippen LogP contribution in [0.4, 0.5) is 5.69 Å². The topological polar surface area (TPSA) is 93.3 Å². The van der Waals surface area contributed by atoms with Crippen molar-refractivity contribution in [2.45, 2.75) is 0 Å². The van der Waals surface area contributed by atoms with Crippen LogP contribution in [0.15, 0.2) is 24.4 Å². The number of pyridine rings is 1. The van der Waals surface area contributed by atoms with E-state index in [2.05, 4.69) is 4.98 Å². The van der Waals surface area contributed by atoms with E-state index in [-0.39, 0.29) is 5.69 Å². The van der Waals surface area contributed by atoms with Gasteiger partial charge in [0.1, 0.15) is 6.20 Å². The fourth-order valence-corrected chi connectivity index (χ4v) is 0.761. The highest BCUT2D eigenvalue weighted by Crippen LogP contribution is 2.09. The van der Waals surface area contributed by atoms with Crippen molar-refractivity contribution < 1.29 is 14.8 Å². The Morgan fingerprint density at radius 1 is 1.57 bits per heavy atom. The van der Waals surface area contributed by atoms with Crippen molar-refractivity contribution in [1.29, 1.82) is 0 Å². The molecule has 6 heteroatoms. The second-order valence-corrected chi connectivity index (χ2v) is 2.37. The molecule has 6 nitrogen and oxygen atoms in total. The van der Waals surface area contributed by atoms with Crippen LogP contribution in [-0.2, 0) is 4.79 Å². The van der Waals surface area contributed by atoms with E-state index in [1.54, 1.807) is 0 Å². The molecule has 0 aliphatic carbocycles. The Hall–Kier alpha value is -2.24. The number of nitro groups is 1. The number of nitrogens with zero attached hydrogens (tertiary/aromatic N) is 2. The second kappa shape index (κ2) is 4.13. The average Bonchev–Trinajstić information content (AvgIpc) is 2.15. The largest absolute Gasteiger partial charge is 0.478 e. The lowest BCUT2D eigenvalue weighted by molar-refractivity contribution is -0.385. The maximum atomic E-state index is 10.2. The van der Waals surface area contributed by atoms with Gasteiger partial charge in [-0.1, -0.05) is 0 Å². The lowest BCUT2D eigenvalue weighted by atomic mass is 10.3. The predicted octanol–water partition coefficient (Wildman–Crippen LogP) is 1.09. The van der Waals surface area contributed by atoms with Gasteiger partial charge in [-0.2, -0.15) is 0 Å². The Bertz CT molecular complexity index is 383. The van der Waals surface area contributed by atoms with E-state index in [1.807, 2.05) is 0 Å². The summed E-state index contributed by atoms with van der Waals surface area (Å²) < 4.78 is 0. The number of carboxylic acid groups (broad SMARTS) is 1. The Labute approximate surface area is 78.7 Å². The molecule has 0 fully saturated rings. The number of rotatable bonds is 3. The number of hydrogen-bond donors (Lipinski definition) is 1. The van der Waals surface area contributed by atoms with Crippen molar-refractivity contribution in [3.63, 3.8) is 0 Å². The molecule has 1 heterocycles. The summed E-state index contributed by atoms with van der Waals surface area (Å²) in [7, 11) is 0. The first kappa shape index (κ1) is 9.85. The standard InChI is InChI=1S/C8H6N2O4/c11-8(12)4-2-6-1-3-7(5-9-6)10(13)14/h1-5H,(H,11,12). The molecule has 0 aromatic carbocycles. The van der Waals surface area contributed by atoms with Crippen LogP contribution in [-0.4, -0.2) is 21.0 Å². The number of carboxylic acids is 1. The molecule has 0 saturated carbocycles. The van der Waals surface area contributed by atoms with Gasteiger partial charge >= 0.3 is 5.97 Å². The SMILES string of the molecule is O=C(O)C=Cc1ccc([N+](=O)[O-])cn1. The molecule has 1 aromatic heterocycles. The minimum absolute atomic E-state index is 0.127. The highest BCUT2D eigenvalue weighted by molar-refractivity contribution is 5.84. The molecule has 0 spiro atoms. The van der Waals surface area contributed by atoms with Gasteiger partial charge in [0, 0.05) is 12.1 Å². The summed E-state index contributed by atoms with van der Waals surface area (Å²) in [4.78, 5) is 23.5. The monoisotopic (exact) mass is 194 g/mol. The van der Waals surface area contributed by atoms with Gasteiger partial charge < -0.3 is 5.11 Å². The molecule has 0 amide bonds. The molecule has 0 saturated heterocycles. The van der Waals surface area contributed by atoms with Crippen molar-refractivity contribution in [1.82, 2.24) is 4.98 Å². The summed E-state index contributed by atoms with van der Waals surface area (Å²) in [5.74, 6) is -1.09. The zero-order valence-corrected chi connectivity index (χ0v) is 6.95. The fourth-order valence-electron chi connectivity index (χ4n) is 0.761. The van der Waals surface area contributed by atoms with Gasteiger partial charge in [-0.25, -0.2) is 9.78 Å². The van der Waals surface area contributed by atoms with Crippen molar-refractivity contribution in [3.05, 3.63) is 40.2 Å². The molecule has 1 rings (SSSR count). The van der Waals surface area contributed by atoms with Crippen molar-refractivity contribution >= 4 is 17.7 Å². The first-order valence-corrected chi connectivity index (χ1v) is 3.61. The van der Waals surface area contributed by atoms with Gasteiger partial charge in [0.15, 0.2) is 0 Å². The molecular weight excluding hydrogens is 188 g/mol. The Morgan fingerprint density at radius 2 is 2.29 bits per heavy atom. The van der Waals surface area contributed by atoms with E-state index in [1.165, 1.54) is 18.2 Å². The second-order valence-electron chi connectivity index (χ2n) is 2.37. The van der Waals surface area contributed by atoms with Crippen LogP contribution >= 0.6 is 0 Å². The van der Waals surface area contributed by atoms with Gasteiger partial charge in [-0.15, -0.1) is 0 Å². The third-order valence-electron chi connectivity index (χ3n) is 1.38. The predicted molar refractivity (Wildman–Crippen MR) is 47.6 cm³/mol. The molecule has 0 bridgehead atoms. The zero-order valence-electron chi connectivity index (χ0n) is 6.95. The van der Waals surface area contributed by atoms with Crippen LogP contribution in [0, 0.1) is 10.1 Å². The molecule has 0 radical (unpaired) electrons. The van der Waals surface area contributed by atoms with E-state index in [0.29, 0.717) is 5.69 Å². The van der Waals surface area contributed by atoms with Gasteiger partial charge in [0.05, 0.1) is 10.6 Å². The van der Waals surface area contributed by atoms with Crippen LogP contribution < -0.4 is 0 Å². The Morgan fingerprint density at radius 3 is 2.71 bits per heavy atom. The van der Waals surface area contributed by atoms with Crippen LogP contribution in [0.3, 0.4) is 0 Å². The van der Waals surface area contributed by atoms with Gasteiger partial charge in [-0.05, 0) is 12.1 Å². The van der Waals surface area contributed by atoms with Crippen LogP contribution in [0.1, 0.15) is 5.69 Å². The van der Waals surface area contributed by atoms with E-state index >= 15 is 0 Å². The molecule has 72 valence electrons. The summed E-state index contributed by atoms with van der Waals surface area (Å²) in [6, 6.07) is 2.63. The number of aromatic nitrogens is 1. The molecule has 0 aliphatic rings. The fraction of sp³-hybridized carbons (Fsp3) is 0. The average molecular weight is 194 g/mol. The number of carbonyl (C=O) groups is 1. The Balaban J connectivity index is 2.83. The number of aliphatic carboxylic acids is 1. The van der Waals surface area contributed by atoms with E-state index < -0.39 is 10.9 Å². The third kappa shape index (κ3) is 2.67. The minimum atomic E-state index is -1.09. The highest BCUT2D eigenvalue weighted by atomic mass is 16.6. The minimum Gasteiger partial charge on any atom is -0.478 e. The first-order valence-electron chi connectivity index (χ1n) is 3.61. The molecule has 0 atom stereocenters. The molecule has 0 unspecified atom stereocenters. The van der Waals surface area contributed by atoms with Crippen LogP contribution in [0.5, 0.6) is 0 Å². The summed E-state index contributed by atoms with van der Waals surface area (Å²) in [6.07, 6.45) is 3.24. The third-order valence-corrected chi connectivity index (χ3v) is 1.38. The number of hydrogen-bond acceptors (Lipinski definition) is 4. The quantitative estimate of drug-likeness (QED) is 0.441. The van der Waals surface area contributed by atoms with E-state index in [4.69, 9.17) is 5.11 Å². The summed E-state index contributed by atoms with van der Waals surface area (Å²) in [6.45, 7) is 0. The summed E-state index contributed by atoms with van der Waals surface area (Å²) in [5, 5.41) is 18.5. The first-order chi connectivity index (χ1) is 6.59. The van der Waals surface area contributed by atoms with E-state index in [9.17, 15) is 14.9 Å². The van der Waals surface area contributed by atoms with Crippen molar-refractivity contribution in [3.8, 4) is 0 Å². The van der Waals surface area contributed by atoms with Gasteiger partial charge in [-0.3, -0.25) is 10.1 Å². The smallest absolute Gasteiger partial charge is 0.328 e. The van der Waals surface area contributed by atoms with Crippen molar-refractivity contribution in [2.24, 2.45) is 0 Å². The molecule has 0 aliphatic heterocycles. The van der Waals surface area contributed by atoms with Gasteiger partial charge in [0.2, 0.25) is 0 Å². The summed E-state index contributed by atoms with van der Waals surface area (Å²) in [5.41, 5.74) is 0.232. The Kier molecular flexibility index (Phi) is 2.90. The molecular formula is C8H6N2O4. The van der Waals surface area contributed by atoms with Gasteiger partial charge in [0.25, 0.3) is 5.69 Å². The highest BCUT2D eigenvalue weighted by Gasteiger charge is 2.03. The normalized spacial score (nSPS) is 10.3. The van der Waals surface area contributed by atoms with Crippen LogP contribution in [0.2, 0.25) is 0 Å². The zero-order chi connectivity index (χ0) is 10.6. The lowest BCUT2D eigenvalue weighted by Crippen LogP contribution is -1.90. The van der Waals surface area contributed by atoms with Crippen molar-refractivity contribution in [2.75, 3.05) is 0 Å². The maximum Gasteiger partial charge on any atom is 0.328 e. The molecule has 14 heavy (non-hydrogen) atoms. The van der Waals surface area contributed by atoms with E-state index in [0.717, 1.165) is 12.3 Å².